The molecule has 1 aliphatic carbocycles. The third kappa shape index (κ3) is 3.23. The molecular weight excluding hydrogens is 354 g/mol. The van der Waals surface area contributed by atoms with Gasteiger partial charge in [-0.25, -0.2) is 18.7 Å². The minimum Gasteiger partial charge on any atom is -0.340 e. The first kappa shape index (κ1) is 18.0. The highest BCUT2D eigenvalue weighted by atomic mass is 19.3. The summed E-state index contributed by atoms with van der Waals surface area (Å²) in [7, 11) is 0. The van der Waals surface area contributed by atoms with Gasteiger partial charge in [0.15, 0.2) is 0 Å². The molecule has 0 aromatic carbocycles. The summed E-state index contributed by atoms with van der Waals surface area (Å²) in [6, 6.07) is 1.62. The topological polar surface area (TPSA) is 99.1 Å². The van der Waals surface area contributed by atoms with Crippen molar-refractivity contribution in [1.82, 2.24) is 14.9 Å². The normalized spacial score (nSPS) is 33.0. The van der Waals surface area contributed by atoms with E-state index >= 15 is 0 Å². The average molecular weight is 376 g/mol. The van der Waals surface area contributed by atoms with Crippen molar-refractivity contribution in [3.8, 4) is 6.07 Å². The lowest BCUT2D eigenvalue weighted by molar-refractivity contribution is -0.136. The van der Waals surface area contributed by atoms with Crippen LogP contribution in [0.25, 0.3) is 0 Å². The van der Waals surface area contributed by atoms with Gasteiger partial charge in [-0.15, -0.1) is 0 Å². The standard InChI is InChI=1S/C18H22F2N6O/c19-18(20)6-13(7-21)26(10-18)16(27)15(22)14-11-2-3-12(14)9-25(8-11)17-23-4-1-5-24-17/h1,4-5,11-15H,2-3,6,8-10,22H2/t11?,12?,13-,14?,15?/m0/s1. The predicted octanol–water partition coefficient (Wildman–Crippen LogP) is 1.03. The van der Waals surface area contributed by atoms with Gasteiger partial charge in [-0.05, 0) is 36.7 Å². The molecule has 2 bridgehead atoms. The quantitative estimate of drug-likeness (QED) is 0.846. The molecule has 2 saturated heterocycles. The van der Waals surface area contributed by atoms with E-state index in [-0.39, 0.29) is 17.8 Å². The molecule has 0 spiro atoms. The number of likely N-dealkylation sites (tertiary alicyclic amines) is 1. The number of piperidine rings is 1. The number of rotatable bonds is 3. The zero-order valence-electron chi connectivity index (χ0n) is 14.8. The summed E-state index contributed by atoms with van der Waals surface area (Å²) >= 11 is 0. The number of aromatic nitrogens is 2. The second kappa shape index (κ2) is 6.68. The van der Waals surface area contributed by atoms with E-state index in [0.717, 1.165) is 17.7 Å². The number of anilines is 1. The van der Waals surface area contributed by atoms with Gasteiger partial charge < -0.3 is 15.5 Å². The number of hydrogen-bond donors (Lipinski definition) is 1. The van der Waals surface area contributed by atoms with Gasteiger partial charge in [0.1, 0.15) is 6.04 Å². The van der Waals surface area contributed by atoms with Crippen molar-refractivity contribution in [2.75, 3.05) is 24.5 Å². The number of nitriles is 1. The van der Waals surface area contributed by atoms with Gasteiger partial charge in [0.25, 0.3) is 5.92 Å². The molecule has 1 aromatic heterocycles. The molecule has 3 heterocycles. The molecule has 144 valence electrons. The van der Waals surface area contributed by atoms with Crippen LogP contribution in [0.5, 0.6) is 0 Å². The van der Waals surface area contributed by atoms with E-state index in [2.05, 4.69) is 14.9 Å². The summed E-state index contributed by atoms with van der Waals surface area (Å²) in [5, 5.41) is 9.15. The van der Waals surface area contributed by atoms with Crippen LogP contribution < -0.4 is 10.6 Å². The van der Waals surface area contributed by atoms with E-state index in [1.165, 1.54) is 0 Å². The van der Waals surface area contributed by atoms with E-state index in [1.54, 1.807) is 18.5 Å². The molecule has 9 heteroatoms. The molecule has 3 unspecified atom stereocenters. The van der Waals surface area contributed by atoms with E-state index in [1.807, 2.05) is 6.07 Å². The predicted molar refractivity (Wildman–Crippen MR) is 92.6 cm³/mol. The van der Waals surface area contributed by atoms with Crippen molar-refractivity contribution in [3.05, 3.63) is 18.5 Å². The van der Waals surface area contributed by atoms with Crippen molar-refractivity contribution in [1.29, 1.82) is 5.26 Å². The molecule has 2 aliphatic heterocycles. The fourth-order valence-electron chi connectivity index (χ4n) is 4.99. The molecule has 3 aliphatic rings. The Labute approximate surface area is 156 Å². The first-order valence-electron chi connectivity index (χ1n) is 9.25. The molecule has 2 N–H and O–H groups in total. The molecular formula is C18H22F2N6O. The molecule has 27 heavy (non-hydrogen) atoms. The molecule has 3 fully saturated rings. The Morgan fingerprint density at radius 2 is 1.93 bits per heavy atom. The monoisotopic (exact) mass is 376 g/mol. The first-order chi connectivity index (χ1) is 12.9. The fraction of sp³-hybridized carbons (Fsp3) is 0.667. The average Bonchev–Trinajstić information content (AvgIpc) is 3.12. The van der Waals surface area contributed by atoms with Crippen LogP contribution in [0, 0.1) is 29.1 Å². The summed E-state index contributed by atoms with van der Waals surface area (Å²) in [5.74, 6) is -2.57. The Hall–Kier alpha value is -2.34. The number of alkyl halides is 2. The lowest BCUT2D eigenvalue weighted by Gasteiger charge is -2.41. The molecule has 7 nitrogen and oxygen atoms in total. The van der Waals surface area contributed by atoms with E-state index < -0.39 is 36.9 Å². The van der Waals surface area contributed by atoms with Crippen molar-refractivity contribution < 1.29 is 13.6 Å². The number of carbonyl (C=O) groups is 1. The van der Waals surface area contributed by atoms with E-state index in [9.17, 15) is 13.6 Å². The van der Waals surface area contributed by atoms with Gasteiger partial charge in [-0.1, -0.05) is 0 Å². The van der Waals surface area contributed by atoms with Crippen LogP contribution in [0.15, 0.2) is 18.5 Å². The molecule has 0 radical (unpaired) electrons. The number of halogens is 2. The highest BCUT2D eigenvalue weighted by Crippen LogP contribution is 2.44. The number of nitrogens with zero attached hydrogens (tertiary/aromatic N) is 5. The lowest BCUT2D eigenvalue weighted by Crippen LogP contribution is -2.56. The van der Waals surface area contributed by atoms with Crippen LogP contribution in [0.3, 0.4) is 0 Å². The molecule has 1 saturated carbocycles. The summed E-state index contributed by atoms with van der Waals surface area (Å²) in [6.45, 7) is 0.678. The summed E-state index contributed by atoms with van der Waals surface area (Å²) in [6.07, 6.45) is 4.66. The fourth-order valence-corrected chi connectivity index (χ4v) is 4.99. The first-order valence-corrected chi connectivity index (χ1v) is 9.25. The lowest BCUT2D eigenvalue weighted by atomic mass is 9.79. The van der Waals surface area contributed by atoms with Gasteiger partial charge in [-0.3, -0.25) is 4.79 Å². The summed E-state index contributed by atoms with van der Waals surface area (Å²) in [5.41, 5.74) is 6.29. The second-order valence-electron chi connectivity index (χ2n) is 7.83. The molecule has 1 amide bonds. The van der Waals surface area contributed by atoms with Gasteiger partial charge >= 0.3 is 0 Å². The zero-order valence-corrected chi connectivity index (χ0v) is 14.8. The number of fused-ring (bicyclic) bond motifs is 2. The van der Waals surface area contributed by atoms with Crippen LogP contribution >= 0.6 is 0 Å². The van der Waals surface area contributed by atoms with Gasteiger partial charge in [-0.2, -0.15) is 5.26 Å². The minimum atomic E-state index is -3.03. The SMILES string of the molecule is N#C[C@@H]1CC(F)(F)CN1C(=O)C(N)C1C2CCC1CN(c1ncccn1)C2. The van der Waals surface area contributed by atoms with Crippen LogP contribution in [0.1, 0.15) is 19.3 Å². The van der Waals surface area contributed by atoms with Crippen molar-refractivity contribution >= 4 is 11.9 Å². The van der Waals surface area contributed by atoms with Gasteiger partial charge in [0.05, 0.1) is 18.7 Å². The third-order valence-corrected chi connectivity index (χ3v) is 6.14. The Morgan fingerprint density at radius 3 is 2.52 bits per heavy atom. The Kier molecular flexibility index (Phi) is 4.46. The maximum Gasteiger partial charge on any atom is 0.268 e. The van der Waals surface area contributed by atoms with Crippen LogP contribution in [0.4, 0.5) is 14.7 Å². The molecule has 4 atom stereocenters. The smallest absolute Gasteiger partial charge is 0.268 e. The summed E-state index contributed by atoms with van der Waals surface area (Å²) < 4.78 is 27.4. The van der Waals surface area contributed by atoms with E-state index in [4.69, 9.17) is 11.0 Å². The van der Waals surface area contributed by atoms with E-state index in [0.29, 0.717) is 19.0 Å². The highest BCUT2D eigenvalue weighted by molar-refractivity contribution is 5.83. The highest BCUT2D eigenvalue weighted by Gasteiger charge is 2.52. The number of hydrogen-bond acceptors (Lipinski definition) is 6. The Bertz CT molecular complexity index is 740. The van der Waals surface area contributed by atoms with Gasteiger partial charge in [0.2, 0.25) is 11.9 Å². The molecule has 4 rings (SSSR count). The maximum atomic E-state index is 13.7. The third-order valence-electron chi connectivity index (χ3n) is 6.14. The van der Waals surface area contributed by atoms with Crippen molar-refractivity contribution in [2.24, 2.45) is 23.5 Å². The number of amides is 1. The van der Waals surface area contributed by atoms with Gasteiger partial charge in [0, 0.05) is 31.9 Å². The Morgan fingerprint density at radius 1 is 1.30 bits per heavy atom. The zero-order chi connectivity index (χ0) is 19.2. The second-order valence-corrected chi connectivity index (χ2v) is 7.83. The number of nitrogens with two attached hydrogens (primary N) is 1. The van der Waals surface area contributed by atoms with Crippen molar-refractivity contribution in [2.45, 2.75) is 37.3 Å². The maximum absolute atomic E-state index is 13.7. The minimum absolute atomic E-state index is 0.0639. The van der Waals surface area contributed by atoms with Crippen LogP contribution in [0.2, 0.25) is 0 Å². The van der Waals surface area contributed by atoms with Crippen LogP contribution in [-0.2, 0) is 4.79 Å². The van der Waals surface area contributed by atoms with Crippen LogP contribution in [-0.4, -0.2) is 58.4 Å². The number of carbonyl (C=O) groups excluding carboxylic acids is 1. The largest absolute Gasteiger partial charge is 0.340 e. The Balaban J connectivity index is 1.48. The van der Waals surface area contributed by atoms with Crippen molar-refractivity contribution in [3.63, 3.8) is 0 Å². The molecule has 1 aromatic rings. The summed E-state index contributed by atoms with van der Waals surface area (Å²) in [4.78, 5) is 24.5.